The van der Waals surface area contributed by atoms with Gasteiger partial charge in [0.1, 0.15) is 18.1 Å². The van der Waals surface area contributed by atoms with E-state index in [4.69, 9.17) is 15.2 Å². The molecule has 0 amide bonds. The summed E-state index contributed by atoms with van der Waals surface area (Å²) in [6.07, 6.45) is 0. The lowest BCUT2D eigenvalue weighted by Gasteiger charge is -2.14. The van der Waals surface area contributed by atoms with Crippen LogP contribution in [0.25, 0.3) is 0 Å². The van der Waals surface area contributed by atoms with Gasteiger partial charge in [0.15, 0.2) is 0 Å². The first-order valence-corrected chi connectivity index (χ1v) is 9.53. The summed E-state index contributed by atoms with van der Waals surface area (Å²) < 4.78 is 15.0. The molecule has 2 rings (SSSR count). The van der Waals surface area contributed by atoms with Crippen molar-refractivity contribution in [1.29, 1.82) is 0 Å². The van der Waals surface area contributed by atoms with E-state index in [9.17, 15) is 0 Å². The summed E-state index contributed by atoms with van der Waals surface area (Å²) in [5.74, 6) is 1.73. The van der Waals surface area contributed by atoms with Crippen LogP contribution >= 0.6 is 67.8 Å². The third-order valence-corrected chi connectivity index (χ3v) is 4.94. The van der Waals surface area contributed by atoms with Gasteiger partial charge in [0.25, 0.3) is 0 Å². The van der Waals surface area contributed by atoms with E-state index in [1.807, 2.05) is 25.1 Å². The van der Waals surface area contributed by atoms with Gasteiger partial charge in [0.2, 0.25) is 0 Å². The molecule has 0 saturated heterocycles. The summed E-state index contributed by atoms with van der Waals surface area (Å²) in [5.41, 5.74) is 7.53. The molecule has 0 fully saturated rings. The highest BCUT2D eigenvalue weighted by molar-refractivity contribution is 14.1. The summed E-state index contributed by atoms with van der Waals surface area (Å²) in [5, 5.41) is 0. The molecule has 21 heavy (non-hydrogen) atoms. The van der Waals surface area contributed by atoms with Gasteiger partial charge < -0.3 is 15.2 Å². The number of nitrogen functional groups attached to an aromatic ring is 1. The molecule has 0 saturated carbocycles. The lowest BCUT2D eigenvalue weighted by molar-refractivity contribution is 0.283. The molecule has 0 spiro atoms. The predicted molar refractivity (Wildman–Crippen MR) is 111 cm³/mol. The maximum absolute atomic E-state index is 6.00. The molecule has 2 aromatic carbocycles. The van der Waals surface area contributed by atoms with Gasteiger partial charge in [-0.25, -0.2) is 0 Å². The molecule has 2 N–H and O–H groups in total. The second-order valence-electron chi connectivity index (χ2n) is 4.29. The van der Waals surface area contributed by atoms with Crippen molar-refractivity contribution in [2.75, 3.05) is 12.3 Å². The monoisotopic (exact) mass is 621 g/mol. The second-order valence-corrected chi connectivity index (χ2v) is 7.86. The molecule has 2 aromatic rings. The highest BCUT2D eigenvalue weighted by Crippen LogP contribution is 2.31. The Morgan fingerprint density at radius 2 is 1.67 bits per heavy atom. The number of rotatable bonds is 5. The zero-order valence-electron chi connectivity index (χ0n) is 11.3. The van der Waals surface area contributed by atoms with Gasteiger partial charge in [-0.3, -0.25) is 0 Å². The fourth-order valence-electron chi connectivity index (χ4n) is 1.83. The van der Waals surface area contributed by atoms with Crippen molar-refractivity contribution in [1.82, 2.24) is 0 Å². The minimum atomic E-state index is 0.437. The van der Waals surface area contributed by atoms with Gasteiger partial charge >= 0.3 is 0 Å². The lowest BCUT2D eigenvalue weighted by Crippen LogP contribution is -2.04. The van der Waals surface area contributed by atoms with Crippen LogP contribution in [0.4, 0.5) is 5.69 Å². The van der Waals surface area contributed by atoms with E-state index in [-0.39, 0.29) is 0 Å². The van der Waals surface area contributed by atoms with E-state index in [1.165, 1.54) is 3.57 Å². The van der Waals surface area contributed by atoms with Crippen molar-refractivity contribution in [3.63, 3.8) is 0 Å². The summed E-state index contributed by atoms with van der Waals surface area (Å²) in [7, 11) is 0. The Labute approximate surface area is 165 Å². The maximum Gasteiger partial charge on any atom is 0.146 e. The standard InChI is InChI=1S/C15H14I3NO2/c1-2-20-14-4-3-11(19)5-9(14)8-21-15-12(17)6-10(16)7-13(15)18/h3-7H,2,8,19H2,1H3. The molecule has 0 aromatic heterocycles. The van der Waals surface area contributed by atoms with E-state index in [1.54, 1.807) is 0 Å². The highest BCUT2D eigenvalue weighted by atomic mass is 127. The Balaban J connectivity index is 2.22. The van der Waals surface area contributed by atoms with E-state index in [0.29, 0.717) is 18.9 Å². The van der Waals surface area contributed by atoms with Crippen molar-refractivity contribution in [2.45, 2.75) is 13.5 Å². The largest absolute Gasteiger partial charge is 0.493 e. The van der Waals surface area contributed by atoms with E-state index >= 15 is 0 Å². The van der Waals surface area contributed by atoms with Gasteiger partial charge in [-0.05, 0) is 105 Å². The van der Waals surface area contributed by atoms with Crippen molar-refractivity contribution in [3.05, 3.63) is 46.6 Å². The topological polar surface area (TPSA) is 44.5 Å². The molecule has 0 aliphatic rings. The van der Waals surface area contributed by atoms with Crippen molar-refractivity contribution in [3.8, 4) is 11.5 Å². The van der Waals surface area contributed by atoms with Crippen LogP contribution in [0.2, 0.25) is 0 Å². The van der Waals surface area contributed by atoms with Crippen LogP contribution in [0.3, 0.4) is 0 Å². The normalized spacial score (nSPS) is 10.5. The van der Waals surface area contributed by atoms with Gasteiger partial charge in [-0.15, -0.1) is 0 Å². The van der Waals surface area contributed by atoms with Crippen LogP contribution in [0.15, 0.2) is 30.3 Å². The molecular weight excluding hydrogens is 607 g/mol. The average Bonchev–Trinajstić information content (AvgIpc) is 2.40. The molecule has 0 bridgehead atoms. The number of hydrogen-bond donors (Lipinski definition) is 1. The molecule has 0 heterocycles. The quantitative estimate of drug-likeness (QED) is 0.376. The third kappa shape index (κ3) is 4.75. The summed E-state index contributed by atoms with van der Waals surface area (Å²) in [6.45, 7) is 3.02. The maximum atomic E-state index is 6.00. The first-order valence-electron chi connectivity index (χ1n) is 6.29. The average molecular weight is 621 g/mol. The van der Waals surface area contributed by atoms with Gasteiger partial charge in [0, 0.05) is 14.8 Å². The summed E-state index contributed by atoms with van der Waals surface area (Å²) in [4.78, 5) is 0. The van der Waals surface area contributed by atoms with Crippen LogP contribution in [0.5, 0.6) is 11.5 Å². The number of halogens is 3. The molecule has 0 aliphatic carbocycles. The molecule has 0 radical (unpaired) electrons. The number of hydrogen-bond acceptors (Lipinski definition) is 3. The summed E-state index contributed by atoms with van der Waals surface area (Å²) >= 11 is 6.90. The van der Waals surface area contributed by atoms with Gasteiger partial charge in [0.05, 0.1) is 13.7 Å². The van der Waals surface area contributed by atoms with Gasteiger partial charge in [-0.1, -0.05) is 0 Å². The first-order chi connectivity index (χ1) is 10.0. The minimum Gasteiger partial charge on any atom is -0.493 e. The zero-order valence-corrected chi connectivity index (χ0v) is 17.8. The van der Waals surface area contributed by atoms with Crippen LogP contribution in [0, 0.1) is 10.7 Å². The Bertz CT molecular complexity index is 624. The number of benzene rings is 2. The number of anilines is 1. The molecule has 112 valence electrons. The molecule has 0 aliphatic heterocycles. The van der Waals surface area contributed by atoms with Crippen molar-refractivity contribution in [2.24, 2.45) is 0 Å². The minimum absolute atomic E-state index is 0.437. The van der Waals surface area contributed by atoms with Crippen LogP contribution in [0.1, 0.15) is 12.5 Å². The van der Waals surface area contributed by atoms with Crippen LogP contribution in [-0.2, 0) is 6.61 Å². The summed E-state index contributed by atoms with van der Waals surface area (Å²) in [6, 6.07) is 9.83. The Morgan fingerprint density at radius 1 is 1.00 bits per heavy atom. The smallest absolute Gasteiger partial charge is 0.146 e. The zero-order chi connectivity index (χ0) is 15.4. The van der Waals surface area contributed by atoms with E-state index < -0.39 is 0 Å². The van der Waals surface area contributed by atoms with E-state index in [2.05, 4.69) is 79.9 Å². The Kier molecular flexibility index (Phi) is 6.66. The SMILES string of the molecule is CCOc1ccc(N)cc1COc1c(I)cc(I)cc1I. The van der Waals surface area contributed by atoms with Crippen LogP contribution < -0.4 is 15.2 Å². The first kappa shape index (κ1) is 17.4. The van der Waals surface area contributed by atoms with Crippen LogP contribution in [-0.4, -0.2) is 6.61 Å². The fraction of sp³-hybridized carbons (Fsp3) is 0.200. The Hall–Kier alpha value is 0.0300. The third-order valence-electron chi connectivity index (χ3n) is 2.72. The second kappa shape index (κ2) is 8.04. The van der Waals surface area contributed by atoms with Crippen molar-refractivity contribution < 1.29 is 9.47 Å². The fourth-order valence-corrected chi connectivity index (χ4v) is 5.72. The molecule has 0 atom stereocenters. The molecular formula is C15H14I3NO2. The predicted octanol–water partition coefficient (Wildman–Crippen LogP) is 5.06. The molecule has 0 unspecified atom stereocenters. The lowest BCUT2D eigenvalue weighted by atomic mass is 10.2. The highest BCUT2D eigenvalue weighted by Gasteiger charge is 2.11. The van der Waals surface area contributed by atoms with Gasteiger partial charge in [-0.2, -0.15) is 0 Å². The Morgan fingerprint density at radius 3 is 2.29 bits per heavy atom. The molecule has 3 nitrogen and oxygen atoms in total. The number of nitrogens with two attached hydrogens (primary N) is 1. The molecule has 6 heteroatoms. The van der Waals surface area contributed by atoms with E-state index in [0.717, 1.165) is 24.2 Å². The number of ether oxygens (including phenoxy) is 2. The van der Waals surface area contributed by atoms with Crippen molar-refractivity contribution >= 4 is 73.5 Å².